The van der Waals surface area contributed by atoms with Crippen LogP contribution in [0.1, 0.15) is 15.9 Å². The van der Waals surface area contributed by atoms with Gasteiger partial charge in [-0.15, -0.1) is 11.8 Å². The van der Waals surface area contributed by atoms with Gasteiger partial charge in [0.05, 0.1) is 16.8 Å². The third kappa shape index (κ3) is 4.95. The fourth-order valence-electron chi connectivity index (χ4n) is 3.48. The molecule has 0 saturated carbocycles. The molecule has 0 aliphatic carbocycles. The Kier molecular flexibility index (Phi) is 6.56. The van der Waals surface area contributed by atoms with Crippen molar-refractivity contribution < 1.29 is 9.53 Å². The fraction of sp³-hybridized carbons (Fsp3) is 0.0741. The Morgan fingerprint density at radius 3 is 2.50 bits per heavy atom. The molecule has 0 bridgehead atoms. The maximum Gasteiger partial charge on any atom is 0.260 e. The molecule has 2 aromatic heterocycles. The van der Waals surface area contributed by atoms with Crippen LogP contribution in [0.25, 0.3) is 10.2 Å². The average molecular weight is 484 g/mol. The van der Waals surface area contributed by atoms with Crippen molar-refractivity contribution in [3.8, 4) is 11.5 Å². The van der Waals surface area contributed by atoms with Gasteiger partial charge in [-0.25, -0.2) is 4.98 Å². The minimum atomic E-state index is -0.126. The smallest absolute Gasteiger partial charge is 0.260 e. The molecule has 0 aliphatic rings. The number of thioether (sulfide) groups is 1. The summed E-state index contributed by atoms with van der Waals surface area (Å²) in [6.45, 7) is 0.379. The zero-order valence-electron chi connectivity index (χ0n) is 18.4. The molecule has 0 saturated heterocycles. The second-order valence-corrected chi connectivity index (χ2v) is 9.41. The summed E-state index contributed by atoms with van der Waals surface area (Å²) < 4.78 is 6.92. The van der Waals surface area contributed by atoms with E-state index in [0.29, 0.717) is 23.0 Å². The van der Waals surface area contributed by atoms with Crippen LogP contribution in [0, 0.1) is 0 Å². The summed E-state index contributed by atoms with van der Waals surface area (Å²) in [5.74, 6) is 1.30. The van der Waals surface area contributed by atoms with Gasteiger partial charge in [-0.1, -0.05) is 35.6 Å². The lowest BCUT2D eigenvalue weighted by atomic mass is 10.1. The maximum absolute atomic E-state index is 13.6. The Labute approximate surface area is 206 Å². The van der Waals surface area contributed by atoms with Gasteiger partial charge in [-0.3, -0.25) is 14.7 Å². The predicted molar refractivity (Wildman–Crippen MR) is 139 cm³/mol. The van der Waals surface area contributed by atoms with E-state index in [1.165, 1.54) is 16.2 Å². The monoisotopic (exact) mass is 483 g/mol. The van der Waals surface area contributed by atoms with Gasteiger partial charge in [-0.2, -0.15) is 0 Å². The molecular formula is C27H21N3O2S2. The van der Waals surface area contributed by atoms with E-state index in [1.54, 1.807) is 41.2 Å². The highest BCUT2D eigenvalue weighted by Crippen LogP contribution is 2.33. The highest BCUT2D eigenvalue weighted by atomic mass is 32.2. The highest BCUT2D eigenvalue weighted by molar-refractivity contribution is 7.98. The zero-order chi connectivity index (χ0) is 23.3. The van der Waals surface area contributed by atoms with Crippen molar-refractivity contribution in [3.05, 3.63) is 108 Å². The Morgan fingerprint density at radius 2 is 1.76 bits per heavy atom. The predicted octanol–water partition coefficient (Wildman–Crippen LogP) is 7.05. The van der Waals surface area contributed by atoms with Gasteiger partial charge in [-0.05, 0) is 72.5 Å². The number of carbonyl (C=O) groups excluding carboxylic acids is 1. The summed E-state index contributed by atoms with van der Waals surface area (Å²) in [5, 5.41) is 0.659. The first kappa shape index (κ1) is 22.1. The maximum atomic E-state index is 13.6. The summed E-state index contributed by atoms with van der Waals surface area (Å²) in [7, 11) is 0. The van der Waals surface area contributed by atoms with Crippen molar-refractivity contribution in [1.29, 1.82) is 0 Å². The number of nitrogens with zero attached hydrogens (tertiary/aromatic N) is 3. The number of hydrogen-bond acceptors (Lipinski definition) is 6. The standard InChI is InChI=1S/C27H21N3O2S2/c1-33-23-13-14-24-25(16-23)34-27(29-24)30(18-19-6-5-15-28-17-19)26(31)20-9-11-22(12-10-20)32-21-7-3-2-4-8-21/h2-17H,18H2,1H3. The van der Waals surface area contributed by atoms with Crippen molar-refractivity contribution in [2.24, 2.45) is 0 Å². The summed E-state index contributed by atoms with van der Waals surface area (Å²) >= 11 is 3.20. The number of thiazole rings is 1. The number of fused-ring (bicyclic) bond motifs is 1. The number of aromatic nitrogens is 2. The Morgan fingerprint density at radius 1 is 0.971 bits per heavy atom. The van der Waals surface area contributed by atoms with Crippen LogP contribution in [-0.4, -0.2) is 22.1 Å². The first-order valence-corrected chi connectivity index (χ1v) is 12.7. The van der Waals surface area contributed by atoms with E-state index < -0.39 is 0 Å². The number of carbonyl (C=O) groups is 1. The van der Waals surface area contributed by atoms with Crippen LogP contribution in [0.3, 0.4) is 0 Å². The Balaban J connectivity index is 1.45. The molecule has 5 rings (SSSR count). The second kappa shape index (κ2) is 10.1. The van der Waals surface area contributed by atoms with Gasteiger partial charge in [0.25, 0.3) is 5.91 Å². The number of hydrogen-bond donors (Lipinski definition) is 0. The van der Waals surface area contributed by atoms with Crippen molar-refractivity contribution in [1.82, 2.24) is 9.97 Å². The molecule has 3 aromatic carbocycles. The van der Waals surface area contributed by atoms with E-state index in [2.05, 4.69) is 17.1 Å². The minimum Gasteiger partial charge on any atom is -0.457 e. The summed E-state index contributed by atoms with van der Waals surface area (Å²) in [6, 6.07) is 26.8. The minimum absolute atomic E-state index is 0.126. The van der Waals surface area contributed by atoms with Crippen molar-refractivity contribution in [3.63, 3.8) is 0 Å². The van der Waals surface area contributed by atoms with Crippen molar-refractivity contribution in [2.75, 3.05) is 11.2 Å². The van der Waals surface area contributed by atoms with E-state index in [9.17, 15) is 4.79 Å². The van der Waals surface area contributed by atoms with E-state index in [4.69, 9.17) is 9.72 Å². The number of benzene rings is 3. The quantitative estimate of drug-likeness (QED) is 0.232. The van der Waals surface area contributed by atoms with E-state index >= 15 is 0 Å². The first-order chi connectivity index (χ1) is 16.7. The van der Waals surface area contributed by atoms with Crippen LogP contribution in [0.4, 0.5) is 5.13 Å². The molecule has 7 heteroatoms. The van der Waals surface area contributed by atoms with Gasteiger partial charge in [0, 0.05) is 22.9 Å². The zero-order valence-corrected chi connectivity index (χ0v) is 20.1. The largest absolute Gasteiger partial charge is 0.457 e. The van der Waals surface area contributed by atoms with E-state index in [1.807, 2.05) is 66.9 Å². The van der Waals surface area contributed by atoms with Crippen LogP contribution in [0.5, 0.6) is 11.5 Å². The fourth-order valence-corrected chi connectivity index (χ4v) is 5.00. The molecule has 0 atom stereocenters. The number of pyridine rings is 1. The van der Waals surface area contributed by atoms with Crippen LogP contribution in [0.15, 0.2) is 102 Å². The number of anilines is 1. The first-order valence-electron chi connectivity index (χ1n) is 10.7. The molecule has 0 unspecified atom stereocenters. The molecule has 1 amide bonds. The molecule has 34 heavy (non-hydrogen) atoms. The topological polar surface area (TPSA) is 55.3 Å². The van der Waals surface area contributed by atoms with E-state index in [-0.39, 0.29) is 5.91 Å². The van der Waals surface area contributed by atoms with Crippen LogP contribution < -0.4 is 9.64 Å². The molecule has 168 valence electrons. The lowest BCUT2D eigenvalue weighted by Gasteiger charge is -2.20. The van der Waals surface area contributed by atoms with Gasteiger partial charge >= 0.3 is 0 Å². The summed E-state index contributed by atoms with van der Waals surface area (Å²) in [5.41, 5.74) is 2.38. The molecule has 5 aromatic rings. The van der Waals surface area contributed by atoms with Crippen LogP contribution >= 0.6 is 23.1 Å². The number of amides is 1. The van der Waals surface area contributed by atoms with Gasteiger partial charge in [0.15, 0.2) is 5.13 Å². The normalized spacial score (nSPS) is 10.9. The second-order valence-electron chi connectivity index (χ2n) is 7.52. The van der Waals surface area contributed by atoms with Crippen LogP contribution in [-0.2, 0) is 6.54 Å². The highest BCUT2D eigenvalue weighted by Gasteiger charge is 2.22. The molecule has 2 heterocycles. The SMILES string of the molecule is CSc1ccc2nc(N(Cc3cccnc3)C(=O)c3ccc(Oc4ccccc4)cc3)sc2c1. The number of ether oxygens (including phenoxy) is 1. The Hall–Kier alpha value is -3.68. The molecule has 0 spiro atoms. The molecule has 0 radical (unpaired) electrons. The molecule has 0 aliphatic heterocycles. The van der Waals surface area contributed by atoms with Gasteiger partial charge in [0.2, 0.25) is 0 Å². The third-order valence-electron chi connectivity index (χ3n) is 5.20. The molecule has 5 nitrogen and oxygen atoms in total. The number of para-hydroxylation sites is 1. The Bertz CT molecular complexity index is 1400. The lowest BCUT2D eigenvalue weighted by Crippen LogP contribution is -2.30. The van der Waals surface area contributed by atoms with E-state index in [0.717, 1.165) is 21.5 Å². The lowest BCUT2D eigenvalue weighted by molar-refractivity contribution is 0.0985. The van der Waals surface area contributed by atoms with Gasteiger partial charge < -0.3 is 4.74 Å². The van der Waals surface area contributed by atoms with Crippen molar-refractivity contribution >= 4 is 44.4 Å². The summed E-state index contributed by atoms with van der Waals surface area (Å²) in [4.78, 5) is 25.5. The molecule has 0 fully saturated rings. The average Bonchev–Trinajstić information content (AvgIpc) is 3.31. The summed E-state index contributed by atoms with van der Waals surface area (Å²) in [6.07, 6.45) is 5.55. The third-order valence-corrected chi connectivity index (χ3v) is 6.97. The number of rotatable bonds is 7. The van der Waals surface area contributed by atoms with Crippen LogP contribution in [0.2, 0.25) is 0 Å². The molecular weight excluding hydrogens is 462 g/mol. The van der Waals surface area contributed by atoms with Gasteiger partial charge in [0.1, 0.15) is 11.5 Å². The van der Waals surface area contributed by atoms with Crippen molar-refractivity contribution in [2.45, 2.75) is 11.4 Å². The molecule has 0 N–H and O–H groups in total.